The molecule has 1 aliphatic rings. The van der Waals surface area contributed by atoms with E-state index in [-0.39, 0.29) is 30.3 Å². The predicted molar refractivity (Wildman–Crippen MR) is 86.8 cm³/mol. The van der Waals surface area contributed by atoms with Gasteiger partial charge in [-0.25, -0.2) is 4.39 Å². The SMILES string of the molecule is CC(=O)[C@H]1CC[C@H](c2ccc(OCc3ccccc3F)cc2)N1. The predicted octanol–water partition coefficient (Wildman–Crippen LogP) is 3.79. The molecule has 2 atom stereocenters. The zero-order valence-electron chi connectivity index (χ0n) is 13.1. The number of carbonyl (C=O) groups excluding carboxylic acids is 1. The summed E-state index contributed by atoms with van der Waals surface area (Å²) in [5, 5.41) is 3.35. The quantitative estimate of drug-likeness (QED) is 0.913. The van der Waals surface area contributed by atoms with Gasteiger partial charge in [0.2, 0.25) is 0 Å². The van der Waals surface area contributed by atoms with Gasteiger partial charge in [-0.05, 0) is 43.5 Å². The Balaban J connectivity index is 1.59. The number of rotatable bonds is 5. The van der Waals surface area contributed by atoms with Crippen LogP contribution in [0.25, 0.3) is 0 Å². The fourth-order valence-corrected chi connectivity index (χ4v) is 2.90. The van der Waals surface area contributed by atoms with E-state index in [0.717, 1.165) is 18.4 Å². The monoisotopic (exact) mass is 313 g/mol. The number of hydrogen-bond acceptors (Lipinski definition) is 3. The zero-order chi connectivity index (χ0) is 16.2. The second kappa shape index (κ2) is 6.92. The van der Waals surface area contributed by atoms with Crippen LogP contribution in [0, 0.1) is 5.82 Å². The van der Waals surface area contributed by atoms with Gasteiger partial charge in [0.25, 0.3) is 0 Å². The Morgan fingerprint density at radius 2 is 1.91 bits per heavy atom. The van der Waals surface area contributed by atoms with Gasteiger partial charge in [0.15, 0.2) is 0 Å². The number of ether oxygens (including phenoxy) is 1. The smallest absolute Gasteiger partial charge is 0.146 e. The second-order valence-corrected chi connectivity index (χ2v) is 5.91. The highest BCUT2D eigenvalue weighted by molar-refractivity contribution is 5.81. The van der Waals surface area contributed by atoms with E-state index < -0.39 is 0 Å². The van der Waals surface area contributed by atoms with Gasteiger partial charge < -0.3 is 10.1 Å². The molecular formula is C19H20FNO2. The first-order chi connectivity index (χ1) is 11.1. The number of carbonyl (C=O) groups is 1. The van der Waals surface area contributed by atoms with E-state index in [1.54, 1.807) is 25.1 Å². The minimum Gasteiger partial charge on any atom is -0.489 e. The Hall–Kier alpha value is -2.20. The minimum absolute atomic E-state index is 0.0306. The lowest BCUT2D eigenvalue weighted by Crippen LogP contribution is -2.30. The van der Waals surface area contributed by atoms with Crippen LogP contribution in [0.3, 0.4) is 0 Å². The maximum absolute atomic E-state index is 13.5. The van der Waals surface area contributed by atoms with Gasteiger partial charge in [0.05, 0.1) is 6.04 Å². The summed E-state index contributed by atoms with van der Waals surface area (Å²) >= 11 is 0. The summed E-state index contributed by atoms with van der Waals surface area (Å²) in [5.74, 6) is 0.644. The van der Waals surface area contributed by atoms with Crippen molar-refractivity contribution in [3.8, 4) is 5.75 Å². The summed E-state index contributed by atoms with van der Waals surface area (Å²) < 4.78 is 19.2. The van der Waals surface area contributed by atoms with Gasteiger partial charge >= 0.3 is 0 Å². The lowest BCUT2D eigenvalue weighted by Gasteiger charge is -2.14. The first-order valence-corrected chi connectivity index (χ1v) is 7.86. The Bertz CT molecular complexity index is 684. The molecule has 0 aromatic heterocycles. The number of benzene rings is 2. The molecule has 0 aliphatic carbocycles. The number of halogens is 1. The molecular weight excluding hydrogens is 293 g/mol. The molecule has 0 radical (unpaired) electrons. The number of hydrogen-bond donors (Lipinski definition) is 1. The molecule has 1 heterocycles. The van der Waals surface area contributed by atoms with Crippen LogP contribution in [0.15, 0.2) is 48.5 Å². The first-order valence-electron chi connectivity index (χ1n) is 7.86. The standard InChI is InChI=1S/C19H20FNO2/c1-13(22)18-10-11-19(21-18)14-6-8-16(9-7-14)23-12-15-4-2-3-5-17(15)20/h2-9,18-19,21H,10-12H2,1H3/t18-,19-/m1/s1. The molecule has 0 saturated carbocycles. The molecule has 1 N–H and O–H groups in total. The summed E-state index contributed by atoms with van der Waals surface area (Å²) in [5.41, 5.74) is 1.69. The fraction of sp³-hybridized carbons (Fsp3) is 0.316. The van der Waals surface area contributed by atoms with Crippen molar-refractivity contribution < 1.29 is 13.9 Å². The molecule has 2 aromatic rings. The van der Waals surface area contributed by atoms with Crippen LogP contribution < -0.4 is 10.1 Å². The molecule has 0 amide bonds. The van der Waals surface area contributed by atoms with E-state index >= 15 is 0 Å². The Labute approximate surface area is 135 Å². The van der Waals surface area contributed by atoms with Gasteiger partial charge in [-0.2, -0.15) is 0 Å². The fourth-order valence-electron chi connectivity index (χ4n) is 2.90. The van der Waals surface area contributed by atoms with Crippen molar-refractivity contribution in [1.29, 1.82) is 0 Å². The molecule has 23 heavy (non-hydrogen) atoms. The summed E-state index contributed by atoms with van der Waals surface area (Å²) in [4.78, 5) is 11.4. The van der Waals surface area contributed by atoms with Gasteiger partial charge in [-0.1, -0.05) is 30.3 Å². The maximum atomic E-state index is 13.5. The molecule has 120 valence electrons. The molecule has 2 aromatic carbocycles. The van der Waals surface area contributed by atoms with Crippen molar-refractivity contribution in [1.82, 2.24) is 5.32 Å². The molecule has 3 nitrogen and oxygen atoms in total. The van der Waals surface area contributed by atoms with Crippen molar-refractivity contribution in [3.05, 3.63) is 65.5 Å². The van der Waals surface area contributed by atoms with Crippen molar-refractivity contribution in [2.75, 3.05) is 0 Å². The number of nitrogens with one attached hydrogen (secondary N) is 1. The second-order valence-electron chi connectivity index (χ2n) is 5.91. The highest BCUT2D eigenvalue weighted by Crippen LogP contribution is 2.28. The van der Waals surface area contributed by atoms with Crippen molar-refractivity contribution in [2.45, 2.75) is 38.5 Å². The molecule has 1 saturated heterocycles. The number of ketones is 1. The number of Topliss-reactive ketones (excluding diaryl/α,β-unsaturated/α-hetero) is 1. The highest BCUT2D eigenvalue weighted by atomic mass is 19.1. The zero-order valence-corrected chi connectivity index (χ0v) is 13.1. The van der Waals surface area contributed by atoms with E-state index in [9.17, 15) is 9.18 Å². The largest absolute Gasteiger partial charge is 0.489 e. The van der Waals surface area contributed by atoms with E-state index in [2.05, 4.69) is 5.32 Å². The Morgan fingerprint density at radius 1 is 1.17 bits per heavy atom. The minimum atomic E-state index is -0.255. The summed E-state index contributed by atoms with van der Waals surface area (Å²) in [6, 6.07) is 14.6. The van der Waals surface area contributed by atoms with E-state index in [0.29, 0.717) is 11.3 Å². The van der Waals surface area contributed by atoms with Crippen LogP contribution in [0.2, 0.25) is 0 Å². The normalized spacial score (nSPS) is 20.4. The molecule has 1 aliphatic heterocycles. The van der Waals surface area contributed by atoms with Crippen LogP contribution in [-0.2, 0) is 11.4 Å². The van der Waals surface area contributed by atoms with E-state index in [1.807, 2.05) is 24.3 Å². The lowest BCUT2D eigenvalue weighted by atomic mass is 10.1. The lowest BCUT2D eigenvalue weighted by molar-refractivity contribution is -0.118. The third kappa shape index (κ3) is 3.77. The van der Waals surface area contributed by atoms with Gasteiger partial charge in [0.1, 0.15) is 24.0 Å². The van der Waals surface area contributed by atoms with Crippen LogP contribution in [0.1, 0.15) is 36.9 Å². The van der Waals surface area contributed by atoms with Crippen LogP contribution in [0.4, 0.5) is 4.39 Å². The average molecular weight is 313 g/mol. The molecule has 3 rings (SSSR count). The summed E-state index contributed by atoms with van der Waals surface area (Å²) in [7, 11) is 0. The summed E-state index contributed by atoms with van der Waals surface area (Å²) in [6.07, 6.45) is 1.84. The average Bonchev–Trinajstić information content (AvgIpc) is 3.05. The topological polar surface area (TPSA) is 38.3 Å². The maximum Gasteiger partial charge on any atom is 0.146 e. The van der Waals surface area contributed by atoms with Crippen LogP contribution in [-0.4, -0.2) is 11.8 Å². The highest BCUT2D eigenvalue weighted by Gasteiger charge is 2.27. The molecule has 0 unspecified atom stereocenters. The van der Waals surface area contributed by atoms with Crippen molar-refractivity contribution in [2.24, 2.45) is 0 Å². The van der Waals surface area contributed by atoms with Crippen molar-refractivity contribution >= 4 is 5.78 Å². The molecule has 0 bridgehead atoms. The van der Waals surface area contributed by atoms with Crippen LogP contribution in [0.5, 0.6) is 5.75 Å². The Morgan fingerprint density at radius 3 is 2.57 bits per heavy atom. The summed E-state index contributed by atoms with van der Waals surface area (Å²) in [6.45, 7) is 1.83. The molecule has 1 fully saturated rings. The van der Waals surface area contributed by atoms with Gasteiger partial charge in [-0.15, -0.1) is 0 Å². The van der Waals surface area contributed by atoms with Crippen molar-refractivity contribution in [3.63, 3.8) is 0 Å². The van der Waals surface area contributed by atoms with E-state index in [1.165, 1.54) is 6.07 Å². The third-order valence-electron chi connectivity index (χ3n) is 4.27. The molecule has 4 heteroatoms. The van der Waals surface area contributed by atoms with Gasteiger partial charge in [0, 0.05) is 11.6 Å². The molecule has 0 spiro atoms. The third-order valence-corrected chi connectivity index (χ3v) is 4.27. The Kier molecular flexibility index (Phi) is 4.72. The van der Waals surface area contributed by atoms with Gasteiger partial charge in [-0.3, -0.25) is 4.79 Å². The first kappa shape index (κ1) is 15.7. The van der Waals surface area contributed by atoms with E-state index in [4.69, 9.17) is 4.74 Å². The van der Waals surface area contributed by atoms with Crippen LogP contribution >= 0.6 is 0 Å².